The highest BCUT2D eigenvalue weighted by Gasteiger charge is 2.23. The van der Waals surface area contributed by atoms with Gasteiger partial charge in [-0.3, -0.25) is 14.7 Å². The van der Waals surface area contributed by atoms with Crippen LogP contribution in [0.5, 0.6) is 0 Å². The standard InChI is InChI=1S/C16H20ClN5O5S/c1-11-9-12(17)13(22(24)25)10-14(11)28(26,27)18-6-4-8-21-16(23)20-7-3-2-5-15(20)19-21/h9-10,18H,2-8H2,1H3. The quantitative estimate of drug-likeness (QED) is 0.404. The molecule has 0 fully saturated rings. The smallest absolute Gasteiger partial charge is 0.279 e. The number of nitrogens with one attached hydrogen (secondary N) is 1. The number of hydrogen-bond donors (Lipinski definition) is 1. The number of benzene rings is 1. The Balaban J connectivity index is 1.66. The lowest BCUT2D eigenvalue weighted by Gasteiger charge is -2.10. The van der Waals surface area contributed by atoms with E-state index in [9.17, 15) is 23.3 Å². The first kappa shape index (κ1) is 20.5. The fourth-order valence-electron chi connectivity index (χ4n) is 3.18. The summed E-state index contributed by atoms with van der Waals surface area (Å²) in [6, 6.07) is 2.21. The van der Waals surface area contributed by atoms with Crippen LogP contribution in [0.15, 0.2) is 21.8 Å². The topological polar surface area (TPSA) is 129 Å². The van der Waals surface area contributed by atoms with E-state index in [1.807, 2.05) is 0 Å². The predicted octanol–water partition coefficient (Wildman–Crippen LogP) is 1.62. The van der Waals surface area contributed by atoms with E-state index < -0.39 is 20.6 Å². The molecule has 0 atom stereocenters. The maximum Gasteiger partial charge on any atom is 0.345 e. The van der Waals surface area contributed by atoms with Gasteiger partial charge in [0.1, 0.15) is 10.8 Å². The zero-order valence-corrected chi connectivity index (χ0v) is 16.8. The first-order valence-corrected chi connectivity index (χ1v) is 10.7. The average molecular weight is 430 g/mol. The van der Waals surface area contributed by atoms with Crippen molar-refractivity contribution in [3.63, 3.8) is 0 Å². The minimum absolute atomic E-state index is 0.0623. The number of sulfonamides is 1. The van der Waals surface area contributed by atoms with Gasteiger partial charge < -0.3 is 0 Å². The van der Waals surface area contributed by atoms with Gasteiger partial charge in [0, 0.05) is 32.1 Å². The van der Waals surface area contributed by atoms with Gasteiger partial charge in [-0.05, 0) is 37.8 Å². The number of rotatable bonds is 7. The van der Waals surface area contributed by atoms with Crippen LogP contribution in [0.2, 0.25) is 5.02 Å². The summed E-state index contributed by atoms with van der Waals surface area (Å²) in [6.45, 7) is 2.52. The molecular weight excluding hydrogens is 410 g/mol. The van der Waals surface area contributed by atoms with Crippen LogP contribution in [0.25, 0.3) is 0 Å². The van der Waals surface area contributed by atoms with E-state index in [0.717, 1.165) is 31.2 Å². The highest BCUT2D eigenvalue weighted by Crippen LogP contribution is 2.30. The minimum atomic E-state index is -3.96. The Labute approximate surface area is 166 Å². The molecule has 0 saturated heterocycles. The van der Waals surface area contributed by atoms with E-state index in [1.54, 1.807) is 4.57 Å². The van der Waals surface area contributed by atoms with E-state index in [1.165, 1.54) is 17.7 Å². The first-order valence-electron chi connectivity index (χ1n) is 8.81. The van der Waals surface area contributed by atoms with Crippen LogP contribution >= 0.6 is 11.6 Å². The van der Waals surface area contributed by atoms with Crippen molar-refractivity contribution in [2.75, 3.05) is 6.54 Å². The second-order valence-corrected chi connectivity index (χ2v) is 8.75. The summed E-state index contributed by atoms with van der Waals surface area (Å²) in [5.41, 5.74) is -0.342. The van der Waals surface area contributed by atoms with Crippen LogP contribution in [-0.4, -0.2) is 34.2 Å². The van der Waals surface area contributed by atoms with Crippen LogP contribution in [0, 0.1) is 17.0 Å². The molecule has 0 unspecified atom stereocenters. The van der Waals surface area contributed by atoms with Crippen LogP contribution < -0.4 is 10.4 Å². The summed E-state index contributed by atoms with van der Waals surface area (Å²) in [5, 5.41) is 15.2. The van der Waals surface area contributed by atoms with Crippen molar-refractivity contribution in [3.05, 3.63) is 49.1 Å². The largest absolute Gasteiger partial charge is 0.345 e. The number of hydrogen-bond acceptors (Lipinski definition) is 6. The normalized spacial score (nSPS) is 14.1. The van der Waals surface area contributed by atoms with Gasteiger partial charge in [-0.25, -0.2) is 22.6 Å². The van der Waals surface area contributed by atoms with E-state index in [4.69, 9.17) is 11.6 Å². The summed E-state index contributed by atoms with van der Waals surface area (Å²) in [6.07, 6.45) is 3.07. The molecule has 1 aliphatic heterocycles. The molecule has 2 heterocycles. The molecule has 152 valence electrons. The van der Waals surface area contributed by atoms with Crippen molar-refractivity contribution in [3.8, 4) is 0 Å². The molecule has 0 saturated carbocycles. The van der Waals surface area contributed by atoms with Crippen molar-refractivity contribution in [2.24, 2.45) is 0 Å². The maximum atomic E-state index is 12.5. The number of fused-ring (bicyclic) bond motifs is 1. The Morgan fingerprint density at radius 3 is 2.79 bits per heavy atom. The lowest BCUT2D eigenvalue weighted by atomic mass is 10.2. The summed E-state index contributed by atoms with van der Waals surface area (Å²) in [5.74, 6) is 0.765. The van der Waals surface area contributed by atoms with Gasteiger partial charge in [0.05, 0.1) is 9.82 Å². The van der Waals surface area contributed by atoms with Gasteiger partial charge in [-0.15, -0.1) is 0 Å². The number of aryl methyl sites for hydroxylation is 3. The Hall–Kier alpha value is -2.24. The number of nitro groups is 1. The summed E-state index contributed by atoms with van der Waals surface area (Å²) in [4.78, 5) is 22.3. The fraction of sp³-hybridized carbons (Fsp3) is 0.500. The van der Waals surface area contributed by atoms with Crippen molar-refractivity contribution < 1.29 is 13.3 Å². The van der Waals surface area contributed by atoms with E-state index >= 15 is 0 Å². The molecule has 0 amide bonds. The molecule has 3 rings (SSSR count). The van der Waals surface area contributed by atoms with Crippen LogP contribution in [-0.2, 0) is 29.5 Å². The lowest BCUT2D eigenvalue weighted by molar-refractivity contribution is -0.384. The molecular formula is C16H20ClN5O5S. The van der Waals surface area contributed by atoms with E-state index in [0.29, 0.717) is 18.5 Å². The molecule has 0 radical (unpaired) electrons. The van der Waals surface area contributed by atoms with Crippen LogP contribution in [0.3, 0.4) is 0 Å². The van der Waals surface area contributed by atoms with Crippen molar-refractivity contribution in [2.45, 2.75) is 50.6 Å². The first-order chi connectivity index (χ1) is 13.2. The molecule has 1 aromatic heterocycles. The molecule has 1 N–H and O–H groups in total. The molecule has 28 heavy (non-hydrogen) atoms. The van der Waals surface area contributed by atoms with Crippen molar-refractivity contribution in [1.29, 1.82) is 0 Å². The Kier molecular flexibility index (Phi) is 5.87. The van der Waals surface area contributed by atoms with Gasteiger partial charge in [0.25, 0.3) is 5.69 Å². The monoisotopic (exact) mass is 429 g/mol. The number of nitrogens with zero attached hydrogens (tertiary/aromatic N) is 4. The summed E-state index contributed by atoms with van der Waals surface area (Å²) >= 11 is 5.80. The zero-order valence-electron chi connectivity index (χ0n) is 15.2. The molecule has 10 nitrogen and oxygen atoms in total. The van der Waals surface area contributed by atoms with Crippen molar-refractivity contribution >= 4 is 27.3 Å². The number of nitro benzene ring substituents is 1. The van der Waals surface area contributed by atoms with Gasteiger partial charge in [0.15, 0.2) is 0 Å². The Morgan fingerprint density at radius 1 is 1.36 bits per heavy atom. The Morgan fingerprint density at radius 2 is 2.11 bits per heavy atom. The summed E-state index contributed by atoms with van der Waals surface area (Å²) < 4.78 is 30.4. The zero-order chi connectivity index (χ0) is 20.5. The minimum Gasteiger partial charge on any atom is -0.279 e. The van der Waals surface area contributed by atoms with Gasteiger partial charge in [0.2, 0.25) is 10.0 Å². The molecule has 1 aliphatic rings. The SMILES string of the molecule is Cc1cc(Cl)c([N+](=O)[O-])cc1S(=O)(=O)NCCCn1nc2n(c1=O)CCCC2. The van der Waals surface area contributed by atoms with Crippen LogP contribution in [0.4, 0.5) is 5.69 Å². The van der Waals surface area contributed by atoms with E-state index in [2.05, 4.69) is 9.82 Å². The number of aromatic nitrogens is 3. The van der Waals surface area contributed by atoms with Crippen molar-refractivity contribution in [1.82, 2.24) is 19.1 Å². The summed E-state index contributed by atoms with van der Waals surface area (Å²) in [7, 11) is -3.96. The second kappa shape index (κ2) is 8.02. The third-order valence-electron chi connectivity index (χ3n) is 4.60. The molecule has 2 aromatic rings. The lowest BCUT2D eigenvalue weighted by Crippen LogP contribution is -2.29. The molecule has 0 aliphatic carbocycles. The van der Waals surface area contributed by atoms with Gasteiger partial charge >= 0.3 is 5.69 Å². The third kappa shape index (κ3) is 4.10. The Bertz CT molecular complexity index is 1080. The number of halogens is 1. The van der Waals surface area contributed by atoms with E-state index in [-0.39, 0.29) is 28.7 Å². The second-order valence-electron chi connectivity index (χ2n) is 6.61. The predicted molar refractivity (Wildman–Crippen MR) is 102 cm³/mol. The van der Waals surface area contributed by atoms with Crippen LogP contribution in [0.1, 0.15) is 30.7 Å². The highest BCUT2D eigenvalue weighted by molar-refractivity contribution is 7.89. The van der Waals surface area contributed by atoms with Gasteiger partial charge in [-0.2, -0.15) is 5.10 Å². The maximum absolute atomic E-state index is 12.5. The highest BCUT2D eigenvalue weighted by atomic mass is 35.5. The molecule has 1 aromatic carbocycles. The third-order valence-corrected chi connectivity index (χ3v) is 6.51. The fourth-order valence-corrected chi connectivity index (χ4v) is 4.78. The molecule has 12 heteroatoms. The molecule has 0 spiro atoms. The van der Waals surface area contributed by atoms with Gasteiger partial charge in [-0.1, -0.05) is 11.6 Å². The molecule has 0 bridgehead atoms. The average Bonchev–Trinajstić information content (AvgIpc) is 2.94.